The lowest BCUT2D eigenvalue weighted by atomic mass is 9.82. The molecule has 10 heavy (non-hydrogen) atoms. The second-order valence-corrected chi connectivity index (χ2v) is 3.58. The smallest absolute Gasteiger partial charge is 0.0578 e. The van der Waals surface area contributed by atoms with Gasteiger partial charge < -0.3 is 4.74 Å². The van der Waals surface area contributed by atoms with E-state index in [1.165, 1.54) is 19.3 Å². The zero-order valence-electron chi connectivity index (χ0n) is 7.26. The van der Waals surface area contributed by atoms with E-state index in [0.29, 0.717) is 12.2 Å². The molecule has 1 rings (SSSR count). The highest BCUT2D eigenvalue weighted by Crippen LogP contribution is 2.31. The zero-order valence-corrected chi connectivity index (χ0v) is 7.26. The van der Waals surface area contributed by atoms with Gasteiger partial charge in [0.15, 0.2) is 0 Å². The summed E-state index contributed by atoms with van der Waals surface area (Å²) in [5.41, 5.74) is 0. The molecule has 0 saturated heterocycles. The molecule has 0 spiro atoms. The minimum Gasteiger partial charge on any atom is -0.376 e. The van der Waals surface area contributed by atoms with Gasteiger partial charge in [-0.1, -0.05) is 6.42 Å². The van der Waals surface area contributed by atoms with Crippen molar-refractivity contribution in [1.29, 1.82) is 0 Å². The molecule has 0 aromatic heterocycles. The predicted octanol–water partition coefficient (Wildman–Crippen LogP) is 2.60. The molecule has 0 aromatic carbocycles. The maximum absolute atomic E-state index is 5.65. The summed E-state index contributed by atoms with van der Waals surface area (Å²) >= 11 is 0. The van der Waals surface area contributed by atoms with Crippen LogP contribution in [-0.4, -0.2) is 12.2 Å². The van der Waals surface area contributed by atoms with Crippen LogP contribution in [0.25, 0.3) is 0 Å². The summed E-state index contributed by atoms with van der Waals surface area (Å²) in [6.45, 7) is 6.41. The lowest BCUT2D eigenvalue weighted by molar-refractivity contribution is -0.0356. The first kappa shape index (κ1) is 8.06. The maximum Gasteiger partial charge on any atom is 0.0578 e. The highest BCUT2D eigenvalue weighted by Gasteiger charge is 2.24. The van der Waals surface area contributed by atoms with Crippen LogP contribution >= 0.6 is 0 Å². The van der Waals surface area contributed by atoms with Crippen LogP contribution in [0.1, 0.15) is 40.0 Å². The second-order valence-electron chi connectivity index (χ2n) is 3.58. The summed E-state index contributed by atoms with van der Waals surface area (Å²) in [4.78, 5) is 0. The van der Waals surface area contributed by atoms with Crippen LogP contribution in [0.5, 0.6) is 0 Å². The minimum absolute atomic E-state index is 0.399. The summed E-state index contributed by atoms with van der Waals surface area (Å²) in [6.07, 6.45) is 5.07. The molecule has 0 heterocycles. The van der Waals surface area contributed by atoms with E-state index in [4.69, 9.17) is 4.74 Å². The molecule has 1 fully saturated rings. The van der Waals surface area contributed by atoms with Gasteiger partial charge in [-0.25, -0.2) is 0 Å². The van der Waals surface area contributed by atoms with Crippen LogP contribution in [0, 0.1) is 5.92 Å². The lowest BCUT2D eigenvalue weighted by Crippen LogP contribution is -2.28. The van der Waals surface area contributed by atoms with Gasteiger partial charge in [0, 0.05) is 0 Å². The molecule has 1 unspecified atom stereocenters. The van der Waals surface area contributed by atoms with E-state index in [9.17, 15) is 0 Å². The Labute approximate surface area is 63.8 Å². The van der Waals surface area contributed by atoms with Crippen molar-refractivity contribution in [2.24, 2.45) is 5.92 Å². The second kappa shape index (κ2) is 3.38. The molecule has 1 saturated carbocycles. The van der Waals surface area contributed by atoms with E-state index in [-0.39, 0.29) is 0 Å². The van der Waals surface area contributed by atoms with Crippen LogP contribution in [0.15, 0.2) is 0 Å². The van der Waals surface area contributed by atoms with Gasteiger partial charge in [0.25, 0.3) is 0 Å². The van der Waals surface area contributed by atoms with Crippen molar-refractivity contribution >= 4 is 0 Å². The first-order valence-corrected chi connectivity index (χ1v) is 4.35. The molecule has 1 aliphatic rings. The summed E-state index contributed by atoms with van der Waals surface area (Å²) in [5.74, 6) is 0.863. The van der Waals surface area contributed by atoms with Gasteiger partial charge in [0.1, 0.15) is 0 Å². The number of hydrogen-bond donors (Lipinski definition) is 0. The van der Waals surface area contributed by atoms with Crippen molar-refractivity contribution in [2.45, 2.75) is 52.2 Å². The molecule has 1 atom stereocenters. The minimum atomic E-state index is 0.399. The molecule has 1 aliphatic carbocycles. The fourth-order valence-electron chi connectivity index (χ4n) is 1.45. The quantitative estimate of drug-likeness (QED) is 0.588. The van der Waals surface area contributed by atoms with Crippen LogP contribution in [0.2, 0.25) is 0 Å². The Morgan fingerprint density at radius 2 is 1.80 bits per heavy atom. The van der Waals surface area contributed by atoms with Crippen molar-refractivity contribution in [3.05, 3.63) is 0 Å². The molecule has 60 valence electrons. The standard InChI is InChI=1S/C9H18O/c1-7(2)10-8(3)9-5-4-6-9/h7-9H,4-6H2,1-3H3. The van der Waals surface area contributed by atoms with Crippen LogP contribution < -0.4 is 0 Å². The molecule has 1 heteroatoms. The average Bonchev–Trinajstić information content (AvgIpc) is 1.55. The molecule has 0 N–H and O–H groups in total. The Morgan fingerprint density at radius 1 is 1.20 bits per heavy atom. The monoisotopic (exact) mass is 142 g/mol. The van der Waals surface area contributed by atoms with Gasteiger partial charge in [0.05, 0.1) is 12.2 Å². The van der Waals surface area contributed by atoms with Crippen LogP contribution in [0.4, 0.5) is 0 Å². The maximum atomic E-state index is 5.65. The van der Waals surface area contributed by atoms with Crippen molar-refractivity contribution in [3.63, 3.8) is 0 Å². The van der Waals surface area contributed by atoms with E-state index in [0.717, 1.165) is 5.92 Å². The average molecular weight is 142 g/mol. The highest BCUT2D eigenvalue weighted by molar-refractivity contribution is 4.75. The first-order valence-electron chi connectivity index (χ1n) is 4.35. The summed E-state index contributed by atoms with van der Waals surface area (Å²) in [7, 11) is 0. The third kappa shape index (κ3) is 1.98. The SMILES string of the molecule is CC(C)OC(C)C1CCC1. The van der Waals surface area contributed by atoms with Crippen LogP contribution in [0.3, 0.4) is 0 Å². The van der Waals surface area contributed by atoms with Crippen molar-refractivity contribution in [3.8, 4) is 0 Å². The Bertz CT molecular complexity index is 94.9. The Kier molecular flexibility index (Phi) is 2.72. The predicted molar refractivity (Wildman–Crippen MR) is 43.0 cm³/mol. The van der Waals surface area contributed by atoms with E-state index in [1.54, 1.807) is 0 Å². The largest absolute Gasteiger partial charge is 0.376 e. The molecule has 1 nitrogen and oxygen atoms in total. The van der Waals surface area contributed by atoms with E-state index < -0.39 is 0 Å². The van der Waals surface area contributed by atoms with Gasteiger partial charge in [-0.3, -0.25) is 0 Å². The first-order chi connectivity index (χ1) is 4.70. The zero-order chi connectivity index (χ0) is 7.56. The van der Waals surface area contributed by atoms with E-state index in [2.05, 4.69) is 20.8 Å². The molecule has 0 aliphatic heterocycles. The molecular formula is C9H18O. The van der Waals surface area contributed by atoms with Crippen molar-refractivity contribution < 1.29 is 4.74 Å². The van der Waals surface area contributed by atoms with Gasteiger partial charge in [0.2, 0.25) is 0 Å². The van der Waals surface area contributed by atoms with Gasteiger partial charge >= 0.3 is 0 Å². The summed E-state index contributed by atoms with van der Waals surface area (Å²) < 4.78 is 5.65. The topological polar surface area (TPSA) is 9.23 Å². The lowest BCUT2D eigenvalue weighted by Gasteiger charge is -2.32. The fraction of sp³-hybridized carbons (Fsp3) is 1.00. The molecule has 0 aromatic rings. The van der Waals surface area contributed by atoms with Crippen LogP contribution in [-0.2, 0) is 4.74 Å². The molecule has 0 bridgehead atoms. The normalized spacial score (nSPS) is 22.8. The van der Waals surface area contributed by atoms with E-state index in [1.807, 2.05) is 0 Å². The van der Waals surface area contributed by atoms with E-state index >= 15 is 0 Å². The molecule has 0 amide bonds. The number of rotatable bonds is 3. The Morgan fingerprint density at radius 3 is 2.10 bits per heavy atom. The summed E-state index contributed by atoms with van der Waals surface area (Å²) in [6, 6.07) is 0. The Balaban J connectivity index is 2.13. The number of ether oxygens (including phenoxy) is 1. The van der Waals surface area contributed by atoms with Gasteiger partial charge in [-0.15, -0.1) is 0 Å². The third-order valence-corrected chi connectivity index (χ3v) is 2.30. The highest BCUT2D eigenvalue weighted by atomic mass is 16.5. The van der Waals surface area contributed by atoms with Gasteiger partial charge in [-0.2, -0.15) is 0 Å². The number of hydrogen-bond acceptors (Lipinski definition) is 1. The van der Waals surface area contributed by atoms with Crippen molar-refractivity contribution in [1.82, 2.24) is 0 Å². The Hall–Kier alpha value is -0.0400. The fourth-order valence-corrected chi connectivity index (χ4v) is 1.45. The third-order valence-electron chi connectivity index (χ3n) is 2.30. The molecular weight excluding hydrogens is 124 g/mol. The van der Waals surface area contributed by atoms with Gasteiger partial charge in [-0.05, 0) is 39.5 Å². The summed E-state index contributed by atoms with van der Waals surface area (Å²) in [5, 5.41) is 0. The van der Waals surface area contributed by atoms with Crippen molar-refractivity contribution in [2.75, 3.05) is 0 Å². The molecule has 0 radical (unpaired) electrons.